The molecule has 1 aliphatic carbocycles. The zero-order valence-corrected chi connectivity index (χ0v) is 7.75. The Kier molecular flexibility index (Phi) is 2.48. The number of hydrogen-bond acceptors (Lipinski definition) is 2. The van der Waals surface area contributed by atoms with Crippen molar-refractivity contribution in [3.05, 3.63) is 29.3 Å². The van der Waals surface area contributed by atoms with Crippen LogP contribution in [0.2, 0.25) is 0 Å². The standard InChI is InChI=1S/C11H11FO2/c12-6-7-14-11-3-1-2-8-9(11)4-5-10(8)13/h1-3H,4-7H2. The Morgan fingerprint density at radius 2 is 2.21 bits per heavy atom. The monoisotopic (exact) mass is 194 g/mol. The molecular weight excluding hydrogens is 183 g/mol. The summed E-state index contributed by atoms with van der Waals surface area (Å²) in [6.45, 7) is -0.442. The fourth-order valence-electron chi connectivity index (χ4n) is 1.74. The molecule has 0 radical (unpaired) electrons. The van der Waals surface area contributed by atoms with Gasteiger partial charge in [-0.1, -0.05) is 12.1 Å². The summed E-state index contributed by atoms with van der Waals surface area (Å²) in [6.07, 6.45) is 1.27. The number of halogens is 1. The van der Waals surface area contributed by atoms with Gasteiger partial charge in [0.15, 0.2) is 5.78 Å². The highest BCUT2D eigenvalue weighted by molar-refractivity contribution is 6.01. The first-order valence-corrected chi connectivity index (χ1v) is 4.67. The summed E-state index contributed by atoms with van der Waals surface area (Å²) >= 11 is 0. The number of ether oxygens (including phenoxy) is 1. The number of hydrogen-bond donors (Lipinski definition) is 0. The third-order valence-electron chi connectivity index (χ3n) is 2.37. The predicted molar refractivity (Wildman–Crippen MR) is 50.6 cm³/mol. The fraction of sp³-hybridized carbons (Fsp3) is 0.364. The predicted octanol–water partition coefficient (Wildman–Crippen LogP) is 2.16. The topological polar surface area (TPSA) is 26.3 Å². The van der Waals surface area contributed by atoms with Gasteiger partial charge in [-0.3, -0.25) is 4.79 Å². The fourth-order valence-corrected chi connectivity index (χ4v) is 1.74. The van der Waals surface area contributed by atoms with Crippen molar-refractivity contribution in [2.75, 3.05) is 13.3 Å². The number of benzene rings is 1. The minimum absolute atomic E-state index is 0.0602. The summed E-state index contributed by atoms with van der Waals surface area (Å²) in [5.41, 5.74) is 1.67. The number of alkyl halides is 1. The lowest BCUT2D eigenvalue weighted by Crippen LogP contribution is -2.01. The highest BCUT2D eigenvalue weighted by Gasteiger charge is 2.22. The summed E-state index contributed by atoms with van der Waals surface area (Å²) in [4.78, 5) is 11.4. The molecule has 0 spiro atoms. The second-order valence-corrected chi connectivity index (χ2v) is 3.24. The normalized spacial score (nSPS) is 14.2. The molecule has 1 aromatic carbocycles. The molecule has 74 valence electrons. The van der Waals surface area contributed by atoms with E-state index in [0.717, 1.165) is 17.5 Å². The summed E-state index contributed by atoms with van der Waals surface area (Å²) in [5, 5.41) is 0. The third-order valence-corrected chi connectivity index (χ3v) is 2.37. The quantitative estimate of drug-likeness (QED) is 0.737. The zero-order valence-electron chi connectivity index (χ0n) is 7.75. The number of ketones is 1. The molecule has 1 aliphatic rings. The van der Waals surface area contributed by atoms with E-state index in [0.29, 0.717) is 12.2 Å². The van der Waals surface area contributed by atoms with Crippen LogP contribution in [0, 0.1) is 0 Å². The van der Waals surface area contributed by atoms with Crippen LogP contribution in [0.1, 0.15) is 22.3 Å². The second-order valence-electron chi connectivity index (χ2n) is 3.24. The molecule has 0 aliphatic heterocycles. The average molecular weight is 194 g/mol. The van der Waals surface area contributed by atoms with Crippen molar-refractivity contribution in [1.82, 2.24) is 0 Å². The molecule has 0 fully saturated rings. The van der Waals surface area contributed by atoms with Gasteiger partial charge in [0, 0.05) is 17.5 Å². The molecule has 2 nitrogen and oxygen atoms in total. The maximum Gasteiger partial charge on any atom is 0.163 e. The highest BCUT2D eigenvalue weighted by atomic mass is 19.1. The third kappa shape index (κ3) is 1.50. The van der Waals surface area contributed by atoms with Gasteiger partial charge in [-0.25, -0.2) is 4.39 Å². The number of fused-ring (bicyclic) bond motifs is 1. The summed E-state index contributed by atoms with van der Waals surface area (Å²) in [6, 6.07) is 5.36. The highest BCUT2D eigenvalue weighted by Crippen LogP contribution is 2.30. The van der Waals surface area contributed by atoms with E-state index in [1.165, 1.54) is 0 Å². The van der Waals surface area contributed by atoms with Crippen molar-refractivity contribution in [2.24, 2.45) is 0 Å². The molecule has 0 amide bonds. The molecule has 0 saturated heterocycles. The summed E-state index contributed by atoms with van der Waals surface area (Å²) < 4.78 is 17.1. The van der Waals surface area contributed by atoms with Gasteiger partial charge in [-0.15, -0.1) is 0 Å². The molecule has 1 aromatic rings. The Balaban J connectivity index is 2.29. The van der Waals surface area contributed by atoms with Crippen LogP contribution >= 0.6 is 0 Å². The van der Waals surface area contributed by atoms with Gasteiger partial charge in [-0.2, -0.15) is 0 Å². The lowest BCUT2D eigenvalue weighted by atomic mass is 10.1. The van der Waals surface area contributed by atoms with E-state index < -0.39 is 6.67 Å². The Morgan fingerprint density at radius 3 is 3.00 bits per heavy atom. The van der Waals surface area contributed by atoms with Crippen LogP contribution in [0.3, 0.4) is 0 Å². The van der Waals surface area contributed by atoms with Gasteiger partial charge < -0.3 is 4.74 Å². The van der Waals surface area contributed by atoms with E-state index in [4.69, 9.17) is 4.74 Å². The Labute approximate surface area is 81.7 Å². The minimum Gasteiger partial charge on any atom is -0.491 e. The van der Waals surface area contributed by atoms with E-state index in [9.17, 15) is 9.18 Å². The number of carbonyl (C=O) groups is 1. The first-order valence-electron chi connectivity index (χ1n) is 4.67. The SMILES string of the molecule is O=C1CCc2c(OCCF)cccc21. The summed E-state index contributed by atoms with van der Waals surface area (Å²) in [7, 11) is 0. The molecule has 14 heavy (non-hydrogen) atoms. The van der Waals surface area contributed by atoms with Gasteiger partial charge in [0.05, 0.1) is 0 Å². The van der Waals surface area contributed by atoms with Crippen molar-refractivity contribution < 1.29 is 13.9 Å². The van der Waals surface area contributed by atoms with Crippen LogP contribution in [0.25, 0.3) is 0 Å². The smallest absolute Gasteiger partial charge is 0.163 e. The first kappa shape index (κ1) is 9.19. The van der Waals surface area contributed by atoms with E-state index in [1.807, 2.05) is 0 Å². The van der Waals surface area contributed by atoms with Crippen LogP contribution in [0.4, 0.5) is 4.39 Å². The minimum atomic E-state index is -0.502. The lowest BCUT2D eigenvalue weighted by Gasteiger charge is -2.07. The molecular formula is C11H11FO2. The molecule has 0 heterocycles. The molecule has 0 N–H and O–H groups in total. The van der Waals surface area contributed by atoms with Gasteiger partial charge in [0.25, 0.3) is 0 Å². The maximum atomic E-state index is 11.9. The Bertz CT molecular complexity index is 360. The van der Waals surface area contributed by atoms with Crippen LogP contribution < -0.4 is 4.74 Å². The van der Waals surface area contributed by atoms with Crippen molar-refractivity contribution in [1.29, 1.82) is 0 Å². The van der Waals surface area contributed by atoms with Gasteiger partial charge in [0.2, 0.25) is 0 Å². The average Bonchev–Trinajstić information content (AvgIpc) is 2.58. The number of carbonyl (C=O) groups excluding carboxylic acids is 1. The number of Topliss-reactive ketones (excluding diaryl/α,β-unsaturated/α-hetero) is 1. The number of rotatable bonds is 3. The molecule has 0 saturated carbocycles. The van der Waals surface area contributed by atoms with Crippen molar-refractivity contribution in [2.45, 2.75) is 12.8 Å². The van der Waals surface area contributed by atoms with Crippen LogP contribution in [-0.4, -0.2) is 19.1 Å². The van der Waals surface area contributed by atoms with Crippen molar-refractivity contribution >= 4 is 5.78 Å². The second kappa shape index (κ2) is 3.78. The maximum absolute atomic E-state index is 11.9. The van der Waals surface area contributed by atoms with Gasteiger partial charge in [-0.05, 0) is 12.5 Å². The molecule has 0 aromatic heterocycles. The van der Waals surface area contributed by atoms with Crippen molar-refractivity contribution in [3.63, 3.8) is 0 Å². The van der Waals surface area contributed by atoms with Gasteiger partial charge >= 0.3 is 0 Å². The Hall–Kier alpha value is -1.38. The zero-order chi connectivity index (χ0) is 9.97. The lowest BCUT2D eigenvalue weighted by molar-refractivity contribution is 0.0994. The Morgan fingerprint density at radius 1 is 1.36 bits per heavy atom. The largest absolute Gasteiger partial charge is 0.491 e. The molecule has 3 heteroatoms. The van der Waals surface area contributed by atoms with Crippen molar-refractivity contribution in [3.8, 4) is 5.75 Å². The molecule has 0 bridgehead atoms. The van der Waals surface area contributed by atoms with E-state index in [2.05, 4.69) is 0 Å². The van der Waals surface area contributed by atoms with E-state index in [-0.39, 0.29) is 12.4 Å². The van der Waals surface area contributed by atoms with E-state index in [1.54, 1.807) is 18.2 Å². The first-order chi connectivity index (χ1) is 6.83. The molecule has 2 rings (SSSR count). The van der Waals surface area contributed by atoms with E-state index >= 15 is 0 Å². The summed E-state index contributed by atoms with van der Waals surface area (Å²) in [5.74, 6) is 0.816. The van der Waals surface area contributed by atoms with Gasteiger partial charge in [0.1, 0.15) is 19.0 Å². The van der Waals surface area contributed by atoms with Crippen LogP contribution in [0.15, 0.2) is 18.2 Å². The molecule has 0 unspecified atom stereocenters. The molecule has 0 atom stereocenters. The van der Waals surface area contributed by atoms with Crippen LogP contribution in [-0.2, 0) is 6.42 Å². The van der Waals surface area contributed by atoms with Crippen LogP contribution in [0.5, 0.6) is 5.75 Å².